The molecule has 1 fully saturated rings. The maximum atomic E-state index is 15.1. The van der Waals surface area contributed by atoms with Crippen molar-refractivity contribution in [2.75, 3.05) is 32.0 Å². The number of thiophene rings is 1. The zero-order chi connectivity index (χ0) is 32.4. The molecule has 6 rings (SSSR count). The molecular formula is C32H35F2N9O2S. The number of ether oxygens (including phenoxy) is 1. The molecule has 0 bridgehead atoms. The van der Waals surface area contributed by atoms with Crippen molar-refractivity contribution in [3.05, 3.63) is 72.4 Å². The van der Waals surface area contributed by atoms with Crippen LogP contribution < -0.4 is 5.32 Å². The van der Waals surface area contributed by atoms with E-state index in [4.69, 9.17) is 4.74 Å². The first-order valence-corrected chi connectivity index (χ1v) is 15.8. The molecule has 1 atom stereocenters. The van der Waals surface area contributed by atoms with Gasteiger partial charge in [-0.3, -0.25) is 9.58 Å². The van der Waals surface area contributed by atoms with Crippen LogP contribution >= 0.6 is 11.3 Å². The fourth-order valence-electron chi connectivity index (χ4n) is 5.48. The summed E-state index contributed by atoms with van der Waals surface area (Å²) in [5, 5.41) is 11.7. The van der Waals surface area contributed by atoms with Gasteiger partial charge >= 0.3 is 6.09 Å². The summed E-state index contributed by atoms with van der Waals surface area (Å²) in [6.07, 6.45) is 6.53. The van der Waals surface area contributed by atoms with Crippen molar-refractivity contribution in [2.45, 2.75) is 51.9 Å². The number of amides is 1. The van der Waals surface area contributed by atoms with Crippen LogP contribution in [0.15, 0.2) is 55.1 Å². The summed E-state index contributed by atoms with van der Waals surface area (Å²) in [5.74, 6) is -0.820. The monoisotopic (exact) mass is 647 g/mol. The third-order valence-corrected chi connectivity index (χ3v) is 8.92. The number of halogens is 2. The average molecular weight is 648 g/mol. The second kappa shape index (κ2) is 13.0. The van der Waals surface area contributed by atoms with Crippen LogP contribution in [0, 0.1) is 11.8 Å². The Kier molecular flexibility index (Phi) is 8.91. The molecule has 240 valence electrons. The minimum absolute atomic E-state index is 0.000277. The highest BCUT2D eigenvalue weighted by atomic mass is 32.1. The van der Waals surface area contributed by atoms with E-state index in [2.05, 4.69) is 35.5 Å². The van der Waals surface area contributed by atoms with Crippen LogP contribution in [0.25, 0.3) is 31.8 Å². The fourth-order valence-corrected chi connectivity index (χ4v) is 6.66. The smallest absolute Gasteiger partial charge is 0.410 e. The molecule has 1 aromatic carbocycles. The Morgan fingerprint density at radius 3 is 2.80 bits per heavy atom. The number of likely N-dealkylation sites (N-methyl/N-ethyl adjacent to an activating group) is 1. The van der Waals surface area contributed by atoms with Gasteiger partial charge in [-0.15, -0.1) is 16.4 Å². The van der Waals surface area contributed by atoms with Gasteiger partial charge in [0.15, 0.2) is 5.82 Å². The number of pyridine rings is 1. The Morgan fingerprint density at radius 1 is 1.17 bits per heavy atom. The maximum absolute atomic E-state index is 15.1. The molecule has 1 unspecified atom stereocenters. The third kappa shape index (κ3) is 7.12. The number of hydrogen-bond acceptors (Lipinski definition) is 10. The second-order valence-corrected chi connectivity index (χ2v) is 13.3. The molecule has 5 heterocycles. The largest absolute Gasteiger partial charge is 0.444 e. The first-order valence-electron chi connectivity index (χ1n) is 15.0. The van der Waals surface area contributed by atoms with Crippen LogP contribution in [0.5, 0.6) is 0 Å². The van der Waals surface area contributed by atoms with Crippen molar-refractivity contribution in [3.8, 4) is 21.7 Å². The molecule has 1 aliphatic rings. The van der Waals surface area contributed by atoms with Gasteiger partial charge in [-0.05, 0) is 49.8 Å². The molecule has 5 aromatic rings. The van der Waals surface area contributed by atoms with Crippen LogP contribution in [0.4, 0.5) is 19.5 Å². The molecule has 0 aliphatic carbocycles. The number of nitrogens with one attached hydrogen (secondary N) is 1. The van der Waals surface area contributed by atoms with Gasteiger partial charge in [-0.25, -0.2) is 24.1 Å². The molecular weight excluding hydrogens is 612 g/mol. The number of hydrogen-bond donors (Lipinski definition) is 1. The Balaban J connectivity index is 1.23. The zero-order valence-corrected chi connectivity index (χ0v) is 26.9. The summed E-state index contributed by atoms with van der Waals surface area (Å²) in [4.78, 5) is 29.7. The van der Waals surface area contributed by atoms with Gasteiger partial charge in [0.2, 0.25) is 11.9 Å². The van der Waals surface area contributed by atoms with Crippen LogP contribution in [0.1, 0.15) is 32.8 Å². The number of likely N-dealkylation sites (tertiary alicyclic amines) is 1. The van der Waals surface area contributed by atoms with E-state index in [9.17, 15) is 9.18 Å². The summed E-state index contributed by atoms with van der Waals surface area (Å²) >= 11 is 1.39. The summed E-state index contributed by atoms with van der Waals surface area (Å²) < 4.78 is 37.8. The SMILES string of the molecule is CN(C(=O)OC(C)(C)C)C1CCN(Cc2cnc(F)cc2-c2cccc3cc(-c4nc(NCCn5ccnn5)ncc4F)sc23)C1. The number of rotatable bonds is 9. The van der Waals surface area contributed by atoms with Gasteiger partial charge < -0.3 is 15.0 Å². The maximum Gasteiger partial charge on any atom is 0.410 e. The number of aromatic nitrogens is 6. The van der Waals surface area contributed by atoms with Gasteiger partial charge in [0.25, 0.3) is 0 Å². The van der Waals surface area contributed by atoms with Crippen LogP contribution in [-0.4, -0.2) is 84.2 Å². The molecule has 4 aromatic heterocycles. The normalized spacial score (nSPS) is 15.4. The van der Waals surface area contributed by atoms with Crippen molar-refractivity contribution in [1.82, 2.24) is 39.7 Å². The Morgan fingerprint density at radius 2 is 2.02 bits per heavy atom. The number of carbonyl (C=O) groups excluding carboxylic acids is 1. The van der Waals surface area contributed by atoms with Gasteiger partial charge in [0, 0.05) is 68.0 Å². The highest BCUT2D eigenvalue weighted by Gasteiger charge is 2.31. The highest BCUT2D eigenvalue weighted by Crippen LogP contribution is 2.41. The summed E-state index contributed by atoms with van der Waals surface area (Å²) in [5.41, 5.74) is 2.01. The predicted molar refractivity (Wildman–Crippen MR) is 172 cm³/mol. The molecule has 0 saturated carbocycles. The van der Waals surface area contributed by atoms with Crippen LogP contribution in [0.3, 0.4) is 0 Å². The topological polar surface area (TPSA) is 114 Å². The highest BCUT2D eigenvalue weighted by molar-refractivity contribution is 7.22. The summed E-state index contributed by atoms with van der Waals surface area (Å²) in [6.45, 7) is 8.53. The molecule has 1 N–H and O–H groups in total. The lowest BCUT2D eigenvalue weighted by molar-refractivity contribution is 0.0228. The number of fused-ring (bicyclic) bond motifs is 1. The van der Waals surface area contributed by atoms with E-state index in [0.29, 0.717) is 42.6 Å². The molecule has 1 aliphatic heterocycles. The first kappa shape index (κ1) is 31.4. The van der Waals surface area contributed by atoms with E-state index in [0.717, 1.165) is 40.4 Å². The molecule has 0 spiro atoms. The standard InChI is InChI=1S/C32H35F2N9O2S/c1-32(2,3)45-31(44)41(4)22-8-11-42(19-22)18-21-16-36-27(34)15-24(21)23-7-5-6-20-14-26(46-29(20)23)28-25(33)17-37-30(39-28)35-9-12-43-13-10-38-40-43/h5-7,10,13-17,22H,8-9,11-12,18-19H2,1-4H3,(H,35,37,39). The van der Waals surface area contributed by atoms with E-state index in [1.54, 1.807) is 35.2 Å². The van der Waals surface area contributed by atoms with Crippen molar-refractivity contribution >= 4 is 33.5 Å². The molecule has 1 amide bonds. The van der Waals surface area contributed by atoms with Gasteiger partial charge in [0.1, 0.15) is 11.3 Å². The van der Waals surface area contributed by atoms with E-state index in [-0.39, 0.29) is 17.8 Å². The van der Waals surface area contributed by atoms with E-state index in [1.807, 2.05) is 45.0 Å². The van der Waals surface area contributed by atoms with Crippen LogP contribution in [0.2, 0.25) is 0 Å². The van der Waals surface area contributed by atoms with Crippen molar-refractivity contribution in [3.63, 3.8) is 0 Å². The summed E-state index contributed by atoms with van der Waals surface area (Å²) in [7, 11) is 1.76. The van der Waals surface area contributed by atoms with Gasteiger partial charge in [-0.2, -0.15) is 4.39 Å². The molecule has 46 heavy (non-hydrogen) atoms. The number of carbonyl (C=O) groups is 1. The van der Waals surface area contributed by atoms with E-state index < -0.39 is 17.4 Å². The predicted octanol–water partition coefficient (Wildman–Crippen LogP) is 5.84. The van der Waals surface area contributed by atoms with Crippen LogP contribution in [-0.2, 0) is 17.8 Å². The Hall–Kier alpha value is -4.56. The minimum atomic E-state index is -0.583. The summed E-state index contributed by atoms with van der Waals surface area (Å²) in [6, 6.07) is 9.14. The Labute approximate surface area is 269 Å². The minimum Gasteiger partial charge on any atom is -0.444 e. The van der Waals surface area contributed by atoms with Crippen molar-refractivity contribution < 1.29 is 18.3 Å². The first-order chi connectivity index (χ1) is 22.0. The van der Waals surface area contributed by atoms with Gasteiger partial charge in [0.05, 0.1) is 23.8 Å². The van der Waals surface area contributed by atoms with Crippen molar-refractivity contribution in [1.29, 1.82) is 0 Å². The lowest BCUT2D eigenvalue weighted by Crippen LogP contribution is -2.42. The molecule has 1 saturated heterocycles. The van der Waals surface area contributed by atoms with Gasteiger partial charge in [-0.1, -0.05) is 23.4 Å². The van der Waals surface area contributed by atoms with Crippen molar-refractivity contribution in [2.24, 2.45) is 0 Å². The fraction of sp³-hybridized carbons (Fsp3) is 0.375. The molecule has 11 nitrogen and oxygen atoms in total. The molecule has 14 heteroatoms. The quantitative estimate of drug-likeness (QED) is 0.197. The average Bonchev–Trinajstić information content (AvgIpc) is 3.79. The second-order valence-electron chi connectivity index (χ2n) is 12.3. The lowest BCUT2D eigenvalue weighted by atomic mass is 10.00. The third-order valence-electron chi connectivity index (χ3n) is 7.73. The number of nitrogens with zero attached hydrogens (tertiary/aromatic N) is 8. The zero-order valence-electron chi connectivity index (χ0n) is 26.1. The van der Waals surface area contributed by atoms with E-state index >= 15 is 4.39 Å². The number of benzene rings is 1. The van der Waals surface area contributed by atoms with E-state index in [1.165, 1.54) is 17.4 Å². The lowest BCUT2D eigenvalue weighted by Gasteiger charge is -2.28. The Bertz CT molecular complexity index is 1840. The molecule has 0 radical (unpaired) electrons. The number of anilines is 1.